The van der Waals surface area contributed by atoms with Crippen molar-refractivity contribution < 1.29 is 27.6 Å². The number of carbonyl (C=O) groups is 1. The first kappa shape index (κ1) is 20.2. The van der Waals surface area contributed by atoms with Crippen molar-refractivity contribution in [2.45, 2.75) is 0 Å². The number of amides is 1. The molecule has 8 nitrogen and oxygen atoms in total. The highest BCUT2D eigenvalue weighted by atomic mass is 19.2. The van der Waals surface area contributed by atoms with Gasteiger partial charge < -0.3 is 19.4 Å². The molecule has 0 unspecified atom stereocenters. The number of hydrogen-bond donors (Lipinski definition) is 1. The number of rotatable bonds is 3. The number of nitriles is 1. The summed E-state index contributed by atoms with van der Waals surface area (Å²) in [4.78, 5) is 19.9. The second kappa shape index (κ2) is 7.98. The van der Waals surface area contributed by atoms with Gasteiger partial charge in [0.25, 0.3) is 17.6 Å². The van der Waals surface area contributed by atoms with Gasteiger partial charge in [-0.25, -0.2) is 8.78 Å². The van der Waals surface area contributed by atoms with Crippen molar-refractivity contribution >= 4 is 11.6 Å². The van der Waals surface area contributed by atoms with Crippen LogP contribution in [0.5, 0.6) is 5.75 Å². The number of aromatic hydroxyl groups is 1. The summed E-state index contributed by atoms with van der Waals surface area (Å²) in [6.45, 7) is 1.53. The molecule has 31 heavy (non-hydrogen) atoms. The molecule has 158 valence electrons. The number of para-hydroxylation sites is 1. The fourth-order valence-corrected chi connectivity index (χ4v) is 3.30. The van der Waals surface area contributed by atoms with Gasteiger partial charge >= 0.3 is 0 Å². The average molecular weight is 429 g/mol. The van der Waals surface area contributed by atoms with E-state index >= 15 is 0 Å². The molecule has 0 bridgehead atoms. The topological polar surface area (TPSA) is 106 Å². The summed E-state index contributed by atoms with van der Waals surface area (Å²) in [5.41, 5.74) is 0.635. The van der Waals surface area contributed by atoms with Gasteiger partial charge in [0.2, 0.25) is 5.82 Å². The second-order valence-corrected chi connectivity index (χ2v) is 6.71. The van der Waals surface area contributed by atoms with Gasteiger partial charge in [0.15, 0.2) is 17.4 Å². The fourth-order valence-electron chi connectivity index (χ4n) is 3.30. The Hall–Kier alpha value is -4.07. The maximum absolute atomic E-state index is 14.1. The summed E-state index contributed by atoms with van der Waals surface area (Å²) in [6.07, 6.45) is 0. The van der Waals surface area contributed by atoms with Gasteiger partial charge in [0.1, 0.15) is 6.07 Å². The minimum atomic E-state index is -1.74. The molecule has 0 atom stereocenters. The van der Waals surface area contributed by atoms with Crippen molar-refractivity contribution in [3.05, 3.63) is 59.2 Å². The largest absolute Gasteiger partial charge is 0.503 e. The van der Waals surface area contributed by atoms with E-state index in [1.807, 2.05) is 17.0 Å². The quantitative estimate of drug-likeness (QED) is 0.638. The molecule has 2 aromatic carbocycles. The Kier molecular flexibility index (Phi) is 5.21. The van der Waals surface area contributed by atoms with E-state index in [4.69, 9.17) is 4.52 Å². The Morgan fingerprint density at radius 1 is 1.13 bits per heavy atom. The van der Waals surface area contributed by atoms with E-state index in [1.165, 1.54) is 4.90 Å². The third-order valence-electron chi connectivity index (χ3n) is 4.91. The molecule has 0 radical (unpaired) electrons. The van der Waals surface area contributed by atoms with Gasteiger partial charge in [-0.15, -0.1) is 0 Å². The number of hydrogen-bond acceptors (Lipinski definition) is 7. The Bertz CT molecular complexity index is 1200. The average Bonchev–Trinajstić information content (AvgIpc) is 3.29. The van der Waals surface area contributed by atoms with Crippen LogP contribution in [0.1, 0.15) is 16.2 Å². The summed E-state index contributed by atoms with van der Waals surface area (Å²) in [5, 5.41) is 22.1. The number of aromatic nitrogens is 2. The van der Waals surface area contributed by atoms with Gasteiger partial charge in [-0.1, -0.05) is 17.3 Å². The van der Waals surface area contributed by atoms with Crippen LogP contribution in [0.2, 0.25) is 0 Å². The van der Waals surface area contributed by atoms with Crippen LogP contribution in [-0.2, 0) is 0 Å². The molecule has 0 aliphatic carbocycles. The maximum atomic E-state index is 14.1. The molecule has 1 saturated heterocycles. The van der Waals surface area contributed by atoms with E-state index < -0.39 is 40.6 Å². The lowest BCUT2D eigenvalue weighted by Gasteiger charge is -2.35. The normalized spacial score (nSPS) is 13.9. The minimum absolute atomic E-state index is 0.308. The van der Waals surface area contributed by atoms with E-state index in [0.29, 0.717) is 37.8 Å². The Labute approximate surface area is 173 Å². The van der Waals surface area contributed by atoms with Crippen LogP contribution in [0, 0.1) is 28.8 Å². The molecular formula is C20H14F3N5O3. The zero-order valence-corrected chi connectivity index (χ0v) is 15.8. The Morgan fingerprint density at radius 3 is 2.55 bits per heavy atom. The molecule has 1 aliphatic heterocycles. The highest BCUT2D eigenvalue weighted by molar-refractivity contribution is 5.91. The second-order valence-electron chi connectivity index (χ2n) is 6.71. The third-order valence-corrected chi connectivity index (χ3v) is 4.91. The van der Waals surface area contributed by atoms with E-state index in [2.05, 4.69) is 16.2 Å². The predicted octanol–water partition coefficient (Wildman–Crippen LogP) is 2.69. The van der Waals surface area contributed by atoms with E-state index in [1.54, 1.807) is 12.1 Å². The molecule has 11 heteroatoms. The number of piperazine rings is 1. The van der Waals surface area contributed by atoms with E-state index in [-0.39, 0.29) is 5.82 Å². The third kappa shape index (κ3) is 3.63. The number of phenols is 1. The number of halogens is 3. The van der Waals surface area contributed by atoms with Gasteiger partial charge in [-0.05, 0) is 18.2 Å². The number of carbonyl (C=O) groups excluding carboxylic acids is 1. The van der Waals surface area contributed by atoms with Crippen molar-refractivity contribution in [1.82, 2.24) is 15.0 Å². The number of anilines is 1. The molecule has 1 fully saturated rings. The summed E-state index contributed by atoms with van der Waals surface area (Å²) < 4.78 is 45.6. The summed E-state index contributed by atoms with van der Waals surface area (Å²) >= 11 is 0. The molecule has 0 saturated carbocycles. The minimum Gasteiger partial charge on any atom is -0.503 e. The first-order valence-electron chi connectivity index (χ1n) is 9.14. The van der Waals surface area contributed by atoms with Crippen LogP contribution in [0.4, 0.5) is 18.9 Å². The molecule has 1 N–H and O–H groups in total. The monoisotopic (exact) mass is 429 g/mol. The van der Waals surface area contributed by atoms with Gasteiger partial charge in [-0.3, -0.25) is 4.79 Å². The van der Waals surface area contributed by atoms with Crippen molar-refractivity contribution in [2.75, 3.05) is 31.1 Å². The Balaban J connectivity index is 1.49. The molecule has 4 rings (SSSR count). The molecule has 0 spiro atoms. The lowest BCUT2D eigenvalue weighted by molar-refractivity contribution is 0.0731. The standard InChI is InChI=1S/C20H14F3N5O3/c21-13-9-12(15(22)17(29)16(13)23)19-25-18(26-31-19)20(30)28-7-5-27(6-8-28)14-4-2-1-3-11(14)10-24/h1-4,9,29H,5-8H2. The van der Waals surface area contributed by atoms with Crippen LogP contribution >= 0.6 is 0 Å². The predicted molar refractivity (Wildman–Crippen MR) is 101 cm³/mol. The summed E-state index contributed by atoms with van der Waals surface area (Å²) in [6, 6.07) is 9.72. The highest BCUT2D eigenvalue weighted by Gasteiger charge is 2.28. The van der Waals surface area contributed by atoms with Crippen molar-refractivity contribution in [3.63, 3.8) is 0 Å². The molecule has 1 aliphatic rings. The number of phenolic OH excluding ortho intramolecular Hbond substituents is 1. The van der Waals surface area contributed by atoms with E-state index in [9.17, 15) is 28.3 Å². The first-order valence-corrected chi connectivity index (χ1v) is 9.14. The smallest absolute Gasteiger partial charge is 0.295 e. The van der Waals surface area contributed by atoms with Gasteiger partial charge in [0.05, 0.1) is 16.8 Å². The van der Waals surface area contributed by atoms with Crippen LogP contribution < -0.4 is 4.90 Å². The fraction of sp³-hybridized carbons (Fsp3) is 0.200. The summed E-state index contributed by atoms with van der Waals surface area (Å²) in [7, 11) is 0. The summed E-state index contributed by atoms with van der Waals surface area (Å²) in [5.74, 6) is -7.79. The first-order chi connectivity index (χ1) is 14.9. The molecular weight excluding hydrogens is 415 g/mol. The molecule has 1 amide bonds. The van der Waals surface area contributed by atoms with Crippen LogP contribution in [0.15, 0.2) is 34.9 Å². The maximum Gasteiger partial charge on any atom is 0.295 e. The SMILES string of the molecule is N#Cc1ccccc1N1CCN(C(=O)c2noc(-c3cc(F)c(F)c(O)c3F)n2)CC1. The van der Waals surface area contributed by atoms with Crippen LogP contribution in [-0.4, -0.2) is 52.2 Å². The van der Waals surface area contributed by atoms with Gasteiger partial charge in [0, 0.05) is 26.2 Å². The zero-order chi connectivity index (χ0) is 22.1. The lowest BCUT2D eigenvalue weighted by Crippen LogP contribution is -2.49. The number of benzene rings is 2. The van der Waals surface area contributed by atoms with Crippen LogP contribution in [0.25, 0.3) is 11.5 Å². The molecule has 3 aromatic rings. The van der Waals surface area contributed by atoms with Crippen molar-refractivity contribution in [2.24, 2.45) is 0 Å². The highest BCUT2D eigenvalue weighted by Crippen LogP contribution is 2.31. The molecule has 2 heterocycles. The number of nitrogens with zero attached hydrogens (tertiary/aromatic N) is 5. The van der Waals surface area contributed by atoms with Crippen molar-refractivity contribution in [3.8, 4) is 23.3 Å². The lowest BCUT2D eigenvalue weighted by atomic mass is 10.1. The van der Waals surface area contributed by atoms with E-state index in [0.717, 1.165) is 5.69 Å². The van der Waals surface area contributed by atoms with Gasteiger partial charge in [-0.2, -0.15) is 14.6 Å². The van der Waals surface area contributed by atoms with Crippen molar-refractivity contribution in [1.29, 1.82) is 5.26 Å². The Morgan fingerprint density at radius 2 is 1.84 bits per heavy atom. The molecule has 1 aromatic heterocycles. The van der Waals surface area contributed by atoms with Crippen LogP contribution in [0.3, 0.4) is 0 Å². The zero-order valence-electron chi connectivity index (χ0n) is 15.8.